The molecular formula is C18H15ClF2N2O2S. The summed E-state index contributed by atoms with van der Waals surface area (Å²) in [6.45, 7) is 0. The van der Waals surface area contributed by atoms with Crippen LogP contribution in [0.4, 0.5) is 8.78 Å². The van der Waals surface area contributed by atoms with Crippen LogP contribution in [0.5, 0.6) is 0 Å². The SMILES string of the molecule is O=S(=O)(NC1CCc2[nH]c3cc(F)cc(F)c3c2C1)c1ccc(Cl)cc1. The number of aromatic nitrogens is 1. The predicted molar refractivity (Wildman–Crippen MR) is 95.8 cm³/mol. The van der Waals surface area contributed by atoms with E-state index in [0.717, 1.165) is 11.8 Å². The van der Waals surface area contributed by atoms with E-state index in [4.69, 9.17) is 11.6 Å². The Balaban J connectivity index is 1.63. The monoisotopic (exact) mass is 396 g/mol. The van der Waals surface area contributed by atoms with Crippen molar-refractivity contribution in [3.8, 4) is 0 Å². The highest BCUT2D eigenvalue weighted by molar-refractivity contribution is 7.89. The Morgan fingerprint density at radius 1 is 1.15 bits per heavy atom. The quantitative estimate of drug-likeness (QED) is 0.704. The highest BCUT2D eigenvalue weighted by atomic mass is 35.5. The largest absolute Gasteiger partial charge is 0.358 e. The lowest BCUT2D eigenvalue weighted by Gasteiger charge is -2.23. The molecule has 4 nitrogen and oxygen atoms in total. The summed E-state index contributed by atoms with van der Waals surface area (Å²) in [5.41, 5.74) is 1.92. The minimum absolute atomic E-state index is 0.125. The summed E-state index contributed by atoms with van der Waals surface area (Å²) < 4.78 is 55.4. The molecule has 136 valence electrons. The summed E-state index contributed by atoms with van der Waals surface area (Å²) in [6, 6.07) is 7.63. The summed E-state index contributed by atoms with van der Waals surface area (Å²) in [7, 11) is -3.70. The van der Waals surface area contributed by atoms with Crippen molar-refractivity contribution >= 4 is 32.5 Å². The number of hydrogen-bond acceptors (Lipinski definition) is 2. The smallest absolute Gasteiger partial charge is 0.240 e. The van der Waals surface area contributed by atoms with Crippen LogP contribution < -0.4 is 4.72 Å². The first kappa shape index (κ1) is 17.5. The Bertz CT molecular complexity index is 1090. The molecular weight excluding hydrogens is 382 g/mol. The van der Waals surface area contributed by atoms with Crippen molar-refractivity contribution in [3.05, 3.63) is 64.3 Å². The van der Waals surface area contributed by atoms with E-state index in [0.29, 0.717) is 40.8 Å². The van der Waals surface area contributed by atoms with Crippen molar-refractivity contribution in [3.63, 3.8) is 0 Å². The average molecular weight is 397 g/mol. The van der Waals surface area contributed by atoms with Gasteiger partial charge in [0.05, 0.1) is 10.4 Å². The van der Waals surface area contributed by atoms with Crippen molar-refractivity contribution in [2.75, 3.05) is 0 Å². The van der Waals surface area contributed by atoms with Gasteiger partial charge in [-0.2, -0.15) is 0 Å². The van der Waals surface area contributed by atoms with Gasteiger partial charge in [-0.05, 0) is 55.2 Å². The van der Waals surface area contributed by atoms with E-state index in [-0.39, 0.29) is 10.9 Å². The molecule has 1 unspecified atom stereocenters. The van der Waals surface area contributed by atoms with E-state index in [1.807, 2.05) is 0 Å². The Hall–Kier alpha value is -1.96. The zero-order chi connectivity index (χ0) is 18.5. The Labute approximate surface area is 154 Å². The molecule has 1 aliphatic rings. The van der Waals surface area contributed by atoms with Gasteiger partial charge in [-0.15, -0.1) is 0 Å². The van der Waals surface area contributed by atoms with Gasteiger partial charge in [0.25, 0.3) is 0 Å². The van der Waals surface area contributed by atoms with Crippen molar-refractivity contribution in [2.24, 2.45) is 0 Å². The summed E-state index contributed by atoms with van der Waals surface area (Å²) >= 11 is 5.80. The molecule has 3 aromatic rings. The van der Waals surface area contributed by atoms with E-state index in [1.54, 1.807) is 0 Å². The molecule has 1 aliphatic carbocycles. The molecule has 4 rings (SSSR count). The Kier molecular flexibility index (Phi) is 4.25. The van der Waals surface area contributed by atoms with Crippen LogP contribution in [0.3, 0.4) is 0 Å². The Morgan fingerprint density at radius 3 is 2.62 bits per heavy atom. The van der Waals surface area contributed by atoms with Crippen molar-refractivity contribution in [1.29, 1.82) is 0 Å². The third-order valence-electron chi connectivity index (χ3n) is 4.65. The lowest BCUT2D eigenvalue weighted by atomic mass is 9.92. The first-order chi connectivity index (χ1) is 12.3. The van der Waals surface area contributed by atoms with Crippen LogP contribution in [-0.4, -0.2) is 19.4 Å². The molecule has 0 radical (unpaired) electrons. The van der Waals surface area contributed by atoms with Crippen molar-refractivity contribution in [1.82, 2.24) is 9.71 Å². The number of halogens is 3. The summed E-state index contributed by atoms with van der Waals surface area (Å²) in [5.74, 6) is -1.28. The predicted octanol–water partition coefficient (Wildman–Crippen LogP) is 3.94. The van der Waals surface area contributed by atoms with Gasteiger partial charge < -0.3 is 4.98 Å². The number of benzene rings is 2. The van der Waals surface area contributed by atoms with Gasteiger partial charge in [-0.1, -0.05) is 11.6 Å². The molecule has 2 N–H and O–H groups in total. The van der Waals surface area contributed by atoms with Gasteiger partial charge in [-0.3, -0.25) is 0 Å². The summed E-state index contributed by atoms with van der Waals surface area (Å²) in [6.07, 6.45) is 1.46. The van der Waals surface area contributed by atoms with Gasteiger partial charge >= 0.3 is 0 Å². The molecule has 0 spiro atoms. The number of hydrogen-bond donors (Lipinski definition) is 2. The van der Waals surface area contributed by atoms with Gasteiger partial charge in [0.2, 0.25) is 10.0 Å². The molecule has 1 aromatic heterocycles. The van der Waals surface area contributed by atoms with Crippen LogP contribution in [0.2, 0.25) is 5.02 Å². The molecule has 0 aliphatic heterocycles. The zero-order valence-corrected chi connectivity index (χ0v) is 15.1. The van der Waals surface area contributed by atoms with E-state index >= 15 is 0 Å². The number of H-pyrrole nitrogens is 1. The first-order valence-electron chi connectivity index (χ1n) is 8.10. The molecule has 2 aromatic carbocycles. The number of aromatic amines is 1. The molecule has 1 atom stereocenters. The molecule has 0 saturated carbocycles. The van der Waals surface area contributed by atoms with Crippen LogP contribution >= 0.6 is 11.6 Å². The molecule has 0 bridgehead atoms. The lowest BCUT2D eigenvalue weighted by molar-refractivity contribution is 0.506. The fourth-order valence-corrected chi connectivity index (χ4v) is 4.87. The first-order valence-corrected chi connectivity index (χ1v) is 9.96. The minimum Gasteiger partial charge on any atom is -0.358 e. The van der Waals surface area contributed by atoms with Crippen molar-refractivity contribution in [2.45, 2.75) is 30.2 Å². The number of aryl methyl sites for hydroxylation is 1. The maximum atomic E-state index is 14.2. The molecule has 0 fully saturated rings. The second-order valence-corrected chi connectivity index (χ2v) is 8.56. The number of fused-ring (bicyclic) bond motifs is 3. The summed E-state index contributed by atoms with van der Waals surface area (Å²) in [5, 5.41) is 0.782. The second kappa shape index (κ2) is 6.33. The highest BCUT2D eigenvalue weighted by Crippen LogP contribution is 2.32. The summed E-state index contributed by atoms with van der Waals surface area (Å²) in [4.78, 5) is 3.17. The molecule has 26 heavy (non-hydrogen) atoms. The lowest BCUT2D eigenvalue weighted by Crippen LogP contribution is -2.38. The van der Waals surface area contributed by atoms with Gasteiger partial charge in [0, 0.05) is 28.2 Å². The number of rotatable bonds is 3. The van der Waals surface area contributed by atoms with Crippen LogP contribution in [0.15, 0.2) is 41.3 Å². The molecule has 0 saturated heterocycles. The fraction of sp³-hybridized carbons (Fsp3) is 0.222. The topological polar surface area (TPSA) is 62.0 Å². The Morgan fingerprint density at radius 2 is 1.88 bits per heavy atom. The van der Waals surface area contributed by atoms with Crippen LogP contribution in [0, 0.1) is 11.6 Å². The van der Waals surface area contributed by atoms with Crippen LogP contribution in [0.1, 0.15) is 17.7 Å². The van der Waals surface area contributed by atoms with E-state index in [2.05, 4.69) is 9.71 Å². The number of nitrogens with one attached hydrogen (secondary N) is 2. The second-order valence-electron chi connectivity index (χ2n) is 6.41. The molecule has 8 heteroatoms. The fourth-order valence-electron chi connectivity index (χ4n) is 3.48. The third kappa shape index (κ3) is 3.11. The van der Waals surface area contributed by atoms with Crippen LogP contribution in [-0.2, 0) is 22.9 Å². The zero-order valence-electron chi connectivity index (χ0n) is 13.5. The molecule has 0 amide bonds. The number of sulfonamides is 1. The van der Waals surface area contributed by atoms with Gasteiger partial charge in [0.1, 0.15) is 11.6 Å². The van der Waals surface area contributed by atoms with Gasteiger partial charge in [-0.25, -0.2) is 21.9 Å². The van der Waals surface area contributed by atoms with E-state index in [1.165, 1.54) is 30.3 Å². The maximum Gasteiger partial charge on any atom is 0.240 e. The highest BCUT2D eigenvalue weighted by Gasteiger charge is 2.28. The standard InChI is InChI=1S/C18H15ClF2N2O2S/c19-10-1-4-13(5-2-10)26(24,25)23-12-3-6-16-14(9-12)18-15(21)7-11(20)8-17(18)22-16/h1-2,4-5,7-8,12,22-23H,3,6,9H2. The van der Waals surface area contributed by atoms with Gasteiger partial charge in [0.15, 0.2) is 0 Å². The van der Waals surface area contributed by atoms with E-state index < -0.39 is 21.7 Å². The van der Waals surface area contributed by atoms with E-state index in [9.17, 15) is 17.2 Å². The minimum atomic E-state index is -3.70. The molecule has 1 heterocycles. The average Bonchev–Trinajstić information content (AvgIpc) is 2.92. The van der Waals surface area contributed by atoms with Crippen LogP contribution in [0.25, 0.3) is 10.9 Å². The normalized spacial score (nSPS) is 17.4. The van der Waals surface area contributed by atoms with Crippen molar-refractivity contribution < 1.29 is 17.2 Å². The third-order valence-corrected chi connectivity index (χ3v) is 6.43. The maximum absolute atomic E-state index is 14.2.